The van der Waals surface area contributed by atoms with Crippen LogP contribution in [0.1, 0.15) is 48.2 Å². The molecule has 1 atom stereocenters. The number of likely N-dealkylation sites (tertiary alicyclic amines) is 1. The van der Waals surface area contributed by atoms with Crippen LogP contribution in [0, 0.1) is 19.8 Å². The van der Waals surface area contributed by atoms with Gasteiger partial charge in [-0.15, -0.1) is 0 Å². The maximum absolute atomic E-state index is 12.5. The highest BCUT2D eigenvalue weighted by Gasteiger charge is 2.28. The fourth-order valence-electron chi connectivity index (χ4n) is 3.20. The molecule has 2 rings (SSSR count). The van der Waals surface area contributed by atoms with Gasteiger partial charge in [0, 0.05) is 11.6 Å². The zero-order chi connectivity index (χ0) is 14.0. The van der Waals surface area contributed by atoms with Crippen molar-refractivity contribution in [1.82, 2.24) is 4.90 Å². The molecule has 0 bridgehead atoms. The van der Waals surface area contributed by atoms with E-state index in [1.54, 1.807) is 0 Å². The van der Waals surface area contributed by atoms with Gasteiger partial charge in [0.1, 0.15) is 0 Å². The lowest BCUT2D eigenvalue weighted by Gasteiger charge is -2.27. The van der Waals surface area contributed by atoms with Gasteiger partial charge in [0.05, 0.1) is 6.54 Å². The zero-order valence-corrected chi connectivity index (χ0v) is 12.6. The first-order valence-corrected chi connectivity index (χ1v) is 7.33. The summed E-state index contributed by atoms with van der Waals surface area (Å²) in [6, 6.07) is 6.68. The van der Waals surface area contributed by atoms with Gasteiger partial charge in [0.25, 0.3) is 0 Å². The Morgan fingerprint density at radius 3 is 2.74 bits per heavy atom. The first kappa shape index (κ1) is 14.3. The highest BCUT2D eigenvalue weighted by atomic mass is 16.1. The van der Waals surface area contributed by atoms with Crippen LogP contribution in [0.25, 0.3) is 0 Å². The molecule has 0 N–H and O–H groups in total. The first-order valence-electron chi connectivity index (χ1n) is 7.33. The minimum Gasteiger partial charge on any atom is -0.293 e. The second-order valence-corrected chi connectivity index (χ2v) is 6.17. The van der Waals surface area contributed by atoms with Gasteiger partial charge in [0.15, 0.2) is 5.78 Å². The van der Waals surface area contributed by atoms with E-state index >= 15 is 0 Å². The molecule has 19 heavy (non-hydrogen) atoms. The van der Waals surface area contributed by atoms with Gasteiger partial charge >= 0.3 is 0 Å². The average molecular weight is 259 g/mol. The Labute approximate surface area is 116 Å². The van der Waals surface area contributed by atoms with Crippen LogP contribution >= 0.6 is 0 Å². The van der Waals surface area contributed by atoms with Crippen LogP contribution in [0.2, 0.25) is 0 Å². The number of aryl methyl sites for hydroxylation is 2. The molecule has 1 fully saturated rings. The van der Waals surface area contributed by atoms with Crippen LogP contribution in [0.5, 0.6) is 0 Å². The van der Waals surface area contributed by atoms with Crippen LogP contribution in [0.3, 0.4) is 0 Å². The Hall–Kier alpha value is -1.15. The van der Waals surface area contributed by atoms with Gasteiger partial charge in [-0.3, -0.25) is 9.69 Å². The Morgan fingerprint density at radius 1 is 1.37 bits per heavy atom. The standard InChI is InChI=1S/C17H25NO/c1-12(2)16-6-5-9-18(16)11-17(19)15-8-7-13(3)10-14(15)4/h7-8,10,12,16H,5-6,9,11H2,1-4H3. The lowest BCUT2D eigenvalue weighted by Crippen LogP contribution is -2.37. The molecule has 1 unspecified atom stereocenters. The normalized spacial score (nSPS) is 20.2. The summed E-state index contributed by atoms with van der Waals surface area (Å²) in [6.45, 7) is 10.3. The predicted molar refractivity (Wildman–Crippen MR) is 79.7 cm³/mol. The van der Waals surface area contributed by atoms with E-state index in [1.165, 1.54) is 18.4 Å². The molecule has 1 aromatic carbocycles. The summed E-state index contributed by atoms with van der Waals surface area (Å²) in [7, 11) is 0. The summed E-state index contributed by atoms with van der Waals surface area (Å²) in [4.78, 5) is 14.8. The summed E-state index contributed by atoms with van der Waals surface area (Å²) >= 11 is 0. The summed E-state index contributed by atoms with van der Waals surface area (Å²) < 4.78 is 0. The highest BCUT2D eigenvalue weighted by molar-refractivity contribution is 5.99. The molecule has 0 aromatic heterocycles. The molecule has 0 saturated carbocycles. The number of carbonyl (C=O) groups excluding carboxylic acids is 1. The van der Waals surface area contributed by atoms with Crippen molar-refractivity contribution in [3.8, 4) is 0 Å². The third-order valence-electron chi connectivity index (χ3n) is 4.21. The molecule has 1 heterocycles. The molecule has 1 aliphatic rings. The second-order valence-electron chi connectivity index (χ2n) is 6.17. The van der Waals surface area contributed by atoms with Crippen molar-refractivity contribution in [2.75, 3.05) is 13.1 Å². The molecule has 1 aliphatic heterocycles. The van der Waals surface area contributed by atoms with Gasteiger partial charge < -0.3 is 0 Å². The fourth-order valence-corrected chi connectivity index (χ4v) is 3.20. The van der Waals surface area contributed by atoms with E-state index in [2.05, 4.69) is 31.7 Å². The van der Waals surface area contributed by atoms with Gasteiger partial charge in [-0.05, 0) is 44.7 Å². The molecule has 2 heteroatoms. The zero-order valence-electron chi connectivity index (χ0n) is 12.6. The third kappa shape index (κ3) is 3.24. The molecule has 0 spiro atoms. The first-order chi connectivity index (χ1) is 8.99. The van der Waals surface area contributed by atoms with Crippen LogP contribution in [0.4, 0.5) is 0 Å². The molecule has 1 saturated heterocycles. The Kier molecular flexibility index (Phi) is 4.41. The van der Waals surface area contributed by atoms with E-state index < -0.39 is 0 Å². The Balaban J connectivity index is 2.08. The Bertz CT molecular complexity index is 464. The minimum atomic E-state index is 0.269. The summed E-state index contributed by atoms with van der Waals surface area (Å²) in [5.74, 6) is 0.902. The smallest absolute Gasteiger partial charge is 0.177 e. The molecule has 0 radical (unpaired) electrons. The minimum absolute atomic E-state index is 0.269. The highest BCUT2D eigenvalue weighted by Crippen LogP contribution is 2.24. The van der Waals surface area contributed by atoms with E-state index in [0.717, 1.165) is 17.7 Å². The number of nitrogens with zero attached hydrogens (tertiary/aromatic N) is 1. The number of rotatable bonds is 4. The van der Waals surface area contributed by atoms with Crippen molar-refractivity contribution < 1.29 is 4.79 Å². The van der Waals surface area contributed by atoms with Crippen molar-refractivity contribution in [3.63, 3.8) is 0 Å². The monoisotopic (exact) mass is 259 g/mol. The number of Topliss-reactive ketones (excluding diaryl/α,β-unsaturated/α-hetero) is 1. The Morgan fingerprint density at radius 2 is 2.11 bits per heavy atom. The molecule has 1 aromatic rings. The van der Waals surface area contributed by atoms with E-state index in [1.807, 2.05) is 19.1 Å². The van der Waals surface area contributed by atoms with Crippen molar-refractivity contribution in [2.45, 2.75) is 46.6 Å². The quantitative estimate of drug-likeness (QED) is 0.770. The number of benzene rings is 1. The fraction of sp³-hybridized carbons (Fsp3) is 0.588. The number of hydrogen-bond acceptors (Lipinski definition) is 2. The van der Waals surface area contributed by atoms with Crippen LogP contribution in [0.15, 0.2) is 18.2 Å². The summed E-state index contributed by atoms with van der Waals surface area (Å²) in [5, 5.41) is 0. The van der Waals surface area contributed by atoms with Gasteiger partial charge in [-0.2, -0.15) is 0 Å². The van der Waals surface area contributed by atoms with Crippen LogP contribution in [-0.4, -0.2) is 29.8 Å². The van der Waals surface area contributed by atoms with Crippen LogP contribution < -0.4 is 0 Å². The topological polar surface area (TPSA) is 20.3 Å². The van der Waals surface area contributed by atoms with Crippen LogP contribution in [-0.2, 0) is 0 Å². The summed E-state index contributed by atoms with van der Waals surface area (Å²) in [6.07, 6.45) is 2.46. The lowest BCUT2D eigenvalue weighted by atomic mass is 9.99. The maximum atomic E-state index is 12.5. The van der Waals surface area contributed by atoms with Gasteiger partial charge in [-0.1, -0.05) is 37.6 Å². The summed E-state index contributed by atoms with van der Waals surface area (Å²) in [5.41, 5.74) is 3.21. The van der Waals surface area contributed by atoms with Crippen molar-refractivity contribution >= 4 is 5.78 Å². The van der Waals surface area contributed by atoms with E-state index in [9.17, 15) is 4.79 Å². The molecular formula is C17H25NO. The lowest BCUT2D eigenvalue weighted by molar-refractivity contribution is 0.0903. The molecular weight excluding hydrogens is 234 g/mol. The molecule has 104 valence electrons. The third-order valence-corrected chi connectivity index (χ3v) is 4.21. The number of ketones is 1. The van der Waals surface area contributed by atoms with Crippen molar-refractivity contribution in [3.05, 3.63) is 34.9 Å². The number of hydrogen-bond donors (Lipinski definition) is 0. The average Bonchev–Trinajstić information content (AvgIpc) is 2.76. The largest absolute Gasteiger partial charge is 0.293 e. The van der Waals surface area contributed by atoms with E-state index in [0.29, 0.717) is 18.5 Å². The SMILES string of the molecule is Cc1ccc(C(=O)CN2CCCC2C(C)C)c(C)c1. The second kappa shape index (κ2) is 5.87. The predicted octanol–water partition coefficient (Wildman–Crippen LogP) is 3.61. The van der Waals surface area contributed by atoms with Crippen molar-refractivity contribution in [1.29, 1.82) is 0 Å². The van der Waals surface area contributed by atoms with Gasteiger partial charge in [-0.25, -0.2) is 0 Å². The van der Waals surface area contributed by atoms with E-state index in [-0.39, 0.29) is 5.78 Å². The van der Waals surface area contributed by atoms with Crippen molar-refractivity contribution in [2.24, 2.45) is 5.92 Å². The number of carbonyl (C=O) groups is 1. The van der Waals surface area contributed by atoms with E-state index in [4.69, 9.17) is 0 Å². The maximum Gasteiger partial charge on any atom is 0.177 e. The molecule has 0 aliphatic carbocycles. The molecule has 2 nitrogen and oxygen atoms in total. The molecule has 0 amide bonds. The van der Waals surface area contributed by atoms with Gasteiger partial charge in [0.2, 0.25) is 0 Å².